The van der Waals surface area contributed by atoms with E-state index in [0.29, 0.717) is 6.04 Å². The van der Waals surface area contributed by atoms with Crippen LogP contribution >= 0.6 is 0 Å². The molecule has 0 saturated carbocycles. The summed E-state index contributed by atoms with van der Waals surface area (Å²) in [4.78, 5) is 2.62. The van der Waals surface area contributed by atoms with Gasteiger partial charge in [-0.2, -0.15) is 0 Å². The fraction of sp³-hybridized carbons (Fsp3) is 0.625. The van der Waals surface area contributed by atoms with Gasteiger partial charge >= 0.3 is 0 Å². The summed E-state index contributed by atoms with van der Waals surface area (Å²) < 4.78 is 0. The Morgan fingerprint density at radius 2 is 2.11 bits per heavy atom. The van der Waals surface area contributed by atoms with Crippen LogP contribution in [0.1, 0.15) is 25.8 Å². The molecule has 2 aliphatic heterocycles. The maximum absolute atomic E-state index is 3.57. The molecule has 2 aliphatic rings. The van der Waals surface area contributed by atoms with Crippen molar-refractivity contribution in [2.45, 2.75) is 32.7 Å². The normalized spacial score (nSPS) is 31.4. The van der Waals surface area contributed by atoms with E-state index in [-0.39, 0.29) is 0 Å². The highest BCUT2D eigenvalue weighted by atomic mass is 15.2. The fourth-order valence-corrected chi connectivity index (χ4v) is 3.52. The molecule has 1 fully saturated rings. The predicted molar refractivity (Wildman–Crippen MR) is 77.1 cm³/mol. The van der Waals surface area contributed by atoms with Gasteiger partial charge in [0.05, 0.1) is 0 Å². The van der Waals surface area contributed by atoms with E-state index in [2.05, 4.69) is 48.3 Å². The fourth-order valence-electron chi connectivity index (χ4n) is 3.52. The summed E-state index contributed by atoms with van der Waals surface area (Å²) in [5, 5.41) is 3.57. The minimum atomic E-state index is 0.675. The second kappa shape index (κ2) is 4.93. The smallest absolute Gasteiger partial charge is 0.0399 e. The Kier molecular flexibility index (Phi) is 3.29. The minimum absolute atomic E-state index is 0.675. The van der Waals surface area contributed by atoms with Crippen LogP contribution in [0.15, 0.2) is 24.3 Å². The molecule has 1 N–H and O–H groups in total. The summed E-state index contributed by atoms with van der Waals surface area (Å²) in [6.45, 7) is 8.34. The standard InChI is InChI=1S/C16H24N2/c1-12-9-14-5-3-4-6-16(14)18(10-12)11-15-7-8-17-13(15)2/h3-6,12-13,15,17H,7-11H2,1-2H3. The minimum Gasteiger partial charge on any atom is -0.371 e. The number of rotatable bonds is 2. The van der Waals surface area contributed by atoms with Crippen LogP contribution in [-0.4, -0.2) is 25.7 Å². The summed E-state index contributed by atoms with van der Waals surface area (Å²) in [5.74, 6) is 1.59. The van der Waals surface area contributed by atoms with E-state index in [4.69, 9.17) is 0 Å². The molecule has 2 nitrogen and oxygen atoms in total. The Labute approximate surface area is 110 Å². The number of nitrogens with zero attached hydrogens (tertiary/aromatic N) is 1. The van der Waals surface area contributed by atoms with Crippen LogP contribution in [0.25, 0.3) is 0 Å². The van der Waals surface area contributed by atoms with Crippen LogP contribution in [0, 0.1) is 11.8 Å². The van der Waals surface area contributed by atoms with Gasteiger partial charge in [-0.15, -0.1) is 0 Å². The second-order valence-corrected chi connectivity index (χ2v) is 6.13. The molecule has 2 heterocycles. The van der Waals surface area contributed by atoms with E-state index in [1.165, 1.54) is 43.7 Å². The first-order chi connectivity index (χ1) is 8.74. The Morgan fingerprint density at radius 1 is 1.28 bits per heavy atom. The lowest BCUT2D eigenvalue weighted by atomic mass is 9.92. The lowest BCUT2D eigenvalue weighted by Crippen LogP contribution is -2.40. The third-order valence-electron chi connectivity index (χ3n) is 4.58. The van der Waals surface area contributed by atoms with E-state index in [1.807, 2.05) is 0 Å². The van der Waals surface area contributed by atoms with Crippen molar-refractivity contribution in [3.63, 3.8) is 0 Å². The van der Waals surface area contributed by atoms with Gasteiger partial charge in [-0.25, -0.2) is 0 Å². The molecule has 1 aromatic carbocycles. The Balaban J connectivity index is 1.79. The van der Waals surface area contributed by atoms with Gasteiger partial charge in [0.15, 0.2) is 0 Å². The molecular weight excluding hydrogens is 220 g/mol. The SMILES string of the molecule is CC1Cc2ccccc2N(CC2CCNC2C)C1. The number of nitrogens with one attached hydrogen (secondary N) is 1. The van der Waals surface area contributed by atoms with Gasteiger partial charge in [-0.05, 0) is 49.8 Å². The number of hydrogen-bond donors (Lipinski definition) is 1. The highest BCUT2D eigenvalue weighted by molar-refractivity contribution is 5.55. The molecule has 3 rings (SSSR count). The van der Waals surface area contributed by atoms with E-state index >= 15 is 0 Å². The third kappa shape index (κ3) is 2.26. The van der Waals surface area contributed by atoms with Crippen molar-refractivity contribution < 1.29 is 0 Å². The van der Waals surface area contributed by atoms with Gasteiger partial charge in [0.1, 0.15) is 0 Å². The van der Waals surface area contributed by atoms with Crippen LogP contribution in [0.2, 0.25) is 0 Å². The third-order valence-corrected chi connectivity index (χ3v) is 4.58. The van der Waals surface area contributed by atoms with Crippen molar-refractivity contribution in [2.75, 3.05) is 24.5 Å². The molecule has 0 aliphatic carbocycles. The highest BCUT2D eigenvalue weighted by Gasteiger charge is 2.28. The molecule has 2 heteroatoms. The first-order valence-electron chi connectivity index (χ1n) is 7.30. The zero-order chi connectivity index (χ0) is 12.5. The van der Waals surface area contributed by atoms with Gasteiger partial charge in [0.2, 0.25) is 0 Å². The number of benzene rings is 1. The Bertz CT molecular complexity index is 415. The molecule has 0 radical (unpaired) electrons. The van der Waals surface area contributed by atoms with Crippen molar-refractivity contribution in [3.8, 4) is 0 Å². The summed E-state index contributed by atoms with van der Waals surface area (Å²) in [5.41, 5.74) is 3.02. The molecule has 0 bridgehead atoms. The maximum atomic E-state index is 3.57. The molecule has 1 aromatic rings. The second-order valence-electron chi connectivity index (χ2n) is 6.13. The molecule has 3 atom stereocenters. The molecule has 0 spiro atoms. The topological polar surface area (TPSA) is 15.3 Å². The van der Waals surface area contributed by atoms with Gasteiger partial charge in [0, 0.05) is 24.8 Å². The summed E-state index contributed by atoms with van der Waals surface area (Å²) in [6.07, 6.45) is 2.57. The largest absolute Gasteiger partial charge is 0.371 e. The maximum Gasteiger partial charge on any atom is 0.0399 e. The highest BCUT2D eigenvalue weighted by Crippen LogP contribution is 2.31. The van der Waals surface area contributed by atoms with Gasteiger partial charge < -0.3 is 10.2 Å². The zero-order valence-corrected chi connectivity index (χ0v) is 11.5. The molecular formula is C16H24N2. The van der Waals surface area contributed by atoms with Crippen LogP contribution < -0.4 is 10.2 Å². The number of para-hydroxylation sites is 1. The number of anilines is 1. The van der Waals surface area contributed by atoms with E-state index in [0.717, 1.165) is 11.8 Å². The lowest BCUT2D eigenvalue weighted by molar-refractivity contribution is 0.439. The van der Waals surface area contributed by atoms with E-state index < -0.39 is 0 Å². The van der Waals surface area contributed by atoms with Gasteiger partial charge in [0.25, 0.3) is 0 Å². The van der Waals surface area contributed by atoms with Crippen LogP contribution in [-0.2, 0) is 6.42 Å². The quantitative estimate of drug-likeness (QED) is 0.860. The van der Waals surface area contributed by atoms with Gasteiger partial charge in [-0.3, -0.25) is 0 Å². The van der Waals surface area contributed by atoms with Crippen molar-refractivity contribution >= 4 is 5.69 Å². The van der Waals surface area contributed by atoms with Crippen LogP contribution in [0.5, 0.6) is 0 Å². The van der Waals surface area contributed by atoms with E-state index in [9.17, 15) is 0 Å². The predicted octanol–water partition coefficient (Wildman–Crippen LogP) is 2.68. The average Bonchev–Trinajstić information content (AvgIpc) is 2.75. The molecule has 1 saturated heterocycles. The summed E-state index contributed by atoms with van der Waals surface area (Å²) >= 11 is 0. The van der Waals surface area contributed by atoms with Crippen molar-refractivity contribution in [1.29, 1.82) is 0 Å². The summed E-state index contributed by atoms with van der Waals surface area (Å²) in [6, 6.07) is 9.63. The van der Waals surface area contributed by atoms with Crippen molar-refractivity contribution in [2.24, 2.45) is 11.8 Å². The van der Waals surface area contributed by atoms with Crippen LogP contribution in [0.4, 0.5) is 5.69 Å². The molecule has 3 unspecified atom stereocenters. The van der Waals surface area contributed by atoms with Crippen molar-refractivity contribution in [3.05, 3.63) is 29.8 Å². The Morgan fingerprint density at radius 3 is 2.89 bits per heavy atom. The molecule has 98 valence electrons. The average molecular weight is 244 g/mol. The molecule has 0 amide bonds. The van der Waals surface area contributed by atoms with Gasteiger partial charge in [-0.1, -0.05) is 25.1 Å². The lowest BCUT2D eigenvalue weighted by Gasteiger charge is -2.37. The zero-order valence-electron chi connectivity index (χ0n) is 11.5. The first kappa shape index (κ1) is 12.0. The molecule has 18 heavy (non-hydrogen) atoms. The Hall–Kier alpha value is -1.02. The van der Waals surface area contributed by atoms with Crippen LogP contribution in [0.3, 0.4) is 0 Å². The van der Waals surface area contributed by atoms with E-state index in [1.54, 1.807) is 0 Å². The molecule has 0 aromatic heterocycles. The first-order valence-corrected chi connectivity index (χ1v) is 7.30. The number of fused-ring (bicyclic) bond motifs is 1. The monoisotopic (exact) mass is 244 g/mol. The van der Waals surface area contributed by atoms with Crippen molar-refractivity contribution in [1.82, 2.24) is 5.32 Å². The number of hydrogen-bond acceptors (Lipinski definition) is 2. The summed E-state index contributed by atoms with van der Waals surface area (Å²) in [7, 11) is 0.